The molecule has 3 rings (SSSR count). The van der Waals surface area contributed by atoms with Gasteiger partial charge >= 0.3 is 35.8 Å². The largest absolute Gasteiger partial charge is 0.458 e. The van der Waals surface area contributed by atoms with Crippen molar-refractivity contribution < 1.29 is 57.2 Å². The molecule has 46 heavy (non-hydrogen) atoms. The molecule has 0 aromatic heterocycles. The molecule has 0 N–H and O–H groups in total. The molecule has 3 saturated heterocycles. The van der Waals surface area contributed by atoms with Gasteiger partial charge in [0, 0.05) is 16.7 Å². The highest BCUT2D eigenvalue weighted by Gasteiger charge is 2.56. The molecule has 0 spiro atoms. The summed E-state index contributed by atoms with van der Waals surface area (Å²) in [5.41, 5.74) is -3.19. The Balaban J connectivity index is 1.74. The first-order chi connectivity index (χ1) is 21.4. The van der Waals surface area contributed by atoms with Crippen LogP contribution in [0.2, 0.25) is 0 Å². The van der Waals surface area contributed by atoms with Gasteiger partial charge < -0.3 is 28.4 Å². The molecule has 0 amide bonds. The molecule has 0 aromatic rings. The Morgan fingerprint density at radius 2 is 1.17 bits per heavy atom. The van der Waals surface area contributed by atoms with Crippen LogP contribution in [0.25, 0.3) is 0 Å². The number of ether oxygens (including phenoxy) is 6. The minimum absolute atomic E-state index is 0.0866. The van der Waals surface area contributed by atoms with E-state index in [4.69, 9.17) is 28.4 Å². The maximum atomic E-state index is 12.8. The van der Waals surface area contributed by atoms with Gasteiger partial charge in [-0.15, -0.1) is 0 Å². The van der Waals surface area contributed by atoms with Crippen molar-refractivity contribution >= 4 is 35.8 Å². The van der Waals surface area contributed by atoms with Crippen LogP contribution >= 0.6 is 0 Å². The lowest BCUT2D eigenvalue weighted by Gasteiger charge is -2.35. The first kappa shape index (κ1) is 36.5. The minimum atomic E-state index is -1.32. The Kier molecular flexibility index (Phi) is 11.3. The van der Waals surface area contributed by atoms with Crippen molar-refractivity contribution in [2.24, 2.45) is 5.92 Å². The van der Waals surface area contributed by atoms with Crippen LogP contribution in [-0.4, -0.2) is 70.9 Å². The lowest BCUT2D eigenvalue weighted by atomic mass is 9.82. The molecule has 0 bridgehead atoms. The third-order valence-electron chi connectivity index (χ3n) is 9.24. The standard InChI is InChI=1S/C34H46O12/c1-19(2)28(37)44-32(9)22(7)31(40)43-24(32)14-12-16-34(46-30(39)21(5)6)18-27(36)42-25(34)13-10-11-15-33(45-29(38)20(3)4)17-26(35)41-23(33)8/h22-25H,1,3,5,10-18H2,2,4,6-9H3. The van der Waals surface area contributed by atoms with Crippen LogP contribution in [0.4, 0.5) is 0 Å². The molecule has 12 nitrogen and oxygen atoms in total. The van der Waals surface area contributed by atoms with E-state index in [0.29, 0.717) is 32.1 Å². The van der Waals surface area contributed by atoms with E-state index in [1.165, 1.54) is 20.8 Å². The van der Waals surface area contributed by atoms with Gasteiger partial charge in [0.1, 0.15) is 18.3 Å². The molecular formula is C34H46O12. The topological polar surface area (TPSA) is 158 Å². The fraction of sp³-hybridized carbons (Fsp3) is 0.647. The first-order valence-electron chi connectivity index (χ1n) is 15.6. The second-order valence-corrected chi connectivity index (χ2v) is 13.1. The summed E-state index contributed by atoms with van der Waals surface area (Å²) in [6.45, 7) is 20.4. The molecule has 0 saturated carbocycles. The van der Waals surface area contributed by atoms with Crippen LogP contribution in [0.5, 0.6) is 0 Å². The van der Waals surface area contributed by atoms with Crippen molar-refractivity contribution in [3.63, 3.8) is 0 Å². The van der Waals surface area contributed by atoms with Gasteiger partial charge in [-0.05, 0) is 86.5 Å². The number of unbranched alkanes of at least 4 members (excludes halogenated alkanes) is 1. The second kappa shape index (κ2) is 14.2. The monoisotopic (exact) mass is 646 g/mol. The van der Waals surface area contributed by atoms with Gasteiger partial charge in [-0.2, -0.15) is 0 Å². The Morgan fingerprint density at radius 1 is 0.696 bits per heavy atom. The smallest absolute Gasteiger partial charge is 0.333 e. The van der Waals surface area contributed by atoms with E-state index in [1.54, 1.807) is 20.8 Å². The normalized spacial score (nSPS) is 31.8. The van der Waals surface area contributed by atoms with Crippen LogP contribution in [0, 0.1) is 5.92 Å². The zero-order valence-electron chi connectivity index (χ0n) is 27.7. The van der Waals surface area contributed by atoms with E-state index in [9.17, 15) is 28.8 Å². The van der Waals surface area contributed by atoms with Crippen molar-refractivity contribution in [3.8, 4) is 0 Å². The quantitative estimate of drug-likeness (QED) is 0.106. The number of carbonyl (C=O) groups is 6. The highest BCUT2D eigenvalue weighted by molar-refractivity contribution is 5.89. The summed E-state index contributed by atoms with van der Waals surface area (Å²) in [5, 5.41) is 0. The zero-order chi connectivity index (χ0) is 34.6. The van der Waals surface area contributed by atoms with Gasteiger partial charge in [0.15, 0.2) is 16.8 Å². The summed E-state index contributed by atoms with van der Waals surface area (Å²) in [6.07, 6.45) is -0.147. The zero-order valence-corrected chi connectivity index (χ0v) is 27.7. The number of rotatable bonds is 15. The predicted octanol–water partition coefficient (Wildman–Crippen LogP) is 4.52. The number of hydrogen-bond acceptors (Lipinski definition) is 12. The Labute approximate surface area is 269 Å². The second-order valence-electron chi connectivity index (χ2n) is 13.1. The fourth-order valence-corrected chi connectivity index (χ4v) is 6.13. The van der Waals surface area contributed by atoms with E-state index in [2.05, 4.69) is 19.7 Å². The summed E-state index contributed by atoms with van der Waals surface area (Å²) in [5.74, 6) is -4.15. The van der Waals surface area contributed by atoms with Gasteiger partial charge in [-0.1, -0.05) is 19.7 Å². The summed E-state index contributed by atoms with van der Waals surface area (Å²) in [6, 6.07) is 0. The van der Waals surface area contributed by atoms with E-state index < -0.39 is 76.8 Å². The molecule has 7 atom stereocenters. The summed E-state index contributed by atoms with van der Waals surface area (Å²) < 4.78 is 33.9. The lowest BCUT2D eigenvalue weighted by Crippen LogP contribution is -2.46. The van der Waals surface area contributed by atoms with Crippen molar-refractivity contribution in [2.75, 3.05) is 0 Å². The third kappa shape index (κ3) is 7.87. The van der Waals surface area contributed by atoms with E-state index in [1.807, 2.05) is 0 Å². The van der Waals surface area contributed by atoms with Gasteiger partial charge in [-0.25, -0.2) is 14.4 Å². The molecule has 254 valence electrons. The average Bonchev–Trinajstić information content (AvgIpc) is 3.49. The fourth-order valence-electron chi connectivity index (χ4n) is 6.13. The minimum Gasteiger partial charge on any atom is -0.458 e. The van der Waals surface area contributed by atoms with Crippen LogP contribution in [0.15, 0.2) is 36.5 Å². The highest BCUT2D eigenvalue weighted by Crippen LogP contribution is 2.43. The van der Waals surface area contributed by atoms with Crippen LogP contribution < -0.4 is 0 Å². The molecule has 0 radical (unpaired) electrons. The van der Waals surface area contributed by atoms with Gasteiger partial charge in [0.05, 0.1) is 18.8 Å². The van der Waals surface area contributed by atoms with E-state index >= 15 is 0 Å². The third-order valence-corrected chi connectivity index (χ3v) is 9.24. The number of carbonyl (C=O) groups excluding carboxylic acids is 6. The molecule has 12 heteroatoms. The molecule has 3 heterocycles. The Hall–Kier alpha value is -3.96. The molecule has 0 aromatic carbocycles. The van der Waals surface area contributed by atoms with Crippen LogP contribution in [0.1, 0.15) is 99.3 Å². The van der Waals surface area contributed by atoms with Gasteiger partial charge in [0.2, 0.25) is 0 Å². The summed E-state index contributed by atoms with van der Waals surface area (Å²) >= 11 is 0. The molecule has 3 aliphatic heterocycles. The number of esters is 6. The predicted molar refractivity (Wildman–Crippen MR) is 163 cm³/mol. The lowest BCUT2D eigenvalue weighted by molar-refractivity contribution is -0.167. The SMILES string of the molecule is C=C(C)C(=O)OC1(CCCCC2OC(=O)CC2(CCCC2OC(=O)C(C)C2(C)OC(=O)C(=C)C)OC(=O)C(=C)C)CC(=O)OC1C. The molecular weight excluding hydrogens is 600 g/mol. The molecule has 7 unspecified atom stereocenters. The van der Waals surface area contributed by atoms with Crippen LogP contribution in [0.3, 0.4) is 0 Å². The van der Waals surface area contributed by atoms with Crippen molar-refractivity contribution in [3.05, 3.63) is 36.5 Å². The molecule has 3 aliphatic rings. The highest BCUT2D eigenvalue weighted by atomic mass is 16.6. The van der Waals surface area contributed by atoms with Crippen molar-refractivity contribution in [2.45, 2.75) is 134 Å². The number of hydrogen-bond donors (Lipinski definition) is 0. The molecule has 0 aliphatic carbocycles. The summed E-state index contributed by atoms with van der Waals surface area (Å²) in [7, 11) is 0. The Morgan fingerprint density at radius 3 is 1.72 bits per heavy atom. The summed E-state index contributed by atoms with van der Waals surface area (Å²) in [4.78, 5) is 74.8. The Bertz CT molecular complexity index is 1310. The van der Waals surface area contributed by atoms with Gasteiger partial charge in [0.25, 0.3) is 0 Å². The maximum absolute atomic E-state index is 12.8. The maximum Gasteiger partial charge on any atom is 0.333 e. The van der Waals surface area contributed by atoms with Crippen LogP contribution in [-0.2, 0) is 57.2 Å². The van der Waals surface area contributed by atoms with Crippen molar-refractivity contribution in [1.29, 1.82) is 0 Å². The van der Waals surface area contributed by atoms with E-state index in [-0.39, 0.29) is 42.4 Å². The number of cyclic esters (lactones) is 3. The first-order valence-corrected chi connectivity index (χ1v) is 15.6. The molecule has 3 fully saturated rings. The average molecular weight is 647 g/mol. The van der Waals surface area contributed by atoms with Gasteiger partial charge in [-0.3, -0.25) is 14.4 Å². The van der Waals surface area contributed by atoms with E-state index in [0.717, 1.165) is 0 Å². The van der Waals surface area contributed by atoms with Crippen molar-refractivity contribution in [1.82, 2.24) is 0 Å².